The standard InChI is InChI=1S/C23H26N2O2S/c1-15(2)16-10-12-17(13-11-16)21(25-14-6-5-8-19(25)23(26)27)22-24-18-7-3-4-9-20(18)28-22/h3-4,7,9-13,15,19,21H,5-6,8,14H2,1-2H3,(H,26,27). The minimum Gasteiger partial charge on any atom is -0.480 e. The summed E-state index contributed by atoms with van der Waals surface area (Å²) >= 11 is 1.67. The largest absolute Gasteiger partial charge is 0.480 e. The minimum absolute atomic E-state index is 0.125. The van der Waals surface area contributed by atoms with Gasteiger partial charge in [-0.15, -0.1) is 11.3 Å². The van der Waals surface area contributed by atoms with E-state index in [1.165, 1.54) is 5.56 Å². The Morgan fingerprint density at radius 1 is 1.11 bits per heavy atom. The lowest BCUT2D eigenvalue weighted by atomic mass is 9.94. The fraction of sp³-hybridized carbons (Fsp3) is 0.391. The molecule has 0 radical (unpaired) electrons. The Bertz CT molecular complexity index is 931. The van der Waals surface area contributed by atoms with E-state index in [0.29, 0.717) is 12.3 Å². The fourth-order valence-corrected chi connectivity index (χ4v) is 5.19. The number of piperidine rings is 1. The molecule has 5 heteroatoms. The van der Waals surface area contributed by atoms with E-state index in [1.54, 1.807) is 11.3 Å². The smallest absolute Gasteiger partial charge is 0.320 e. The average Bonchev–Trinajstić information content (AvgIpc) is 3.12. The van der Waals surface area contributed by atoms with Crippen LogP contribution in [0.25, 0.3) is 10.2 Å². The van der Waals surface area contributed by atoms with E-state index in [4.69, 9.17) is 4.98 Å². The van der Waals surface area contributed by atoms with Gasteiger partial charge >= 0.3 is 5.97 Å². The van der Waals surface area contributed by atoms with Gasteiger partial charge in [0.15, 0.2) is 0 Å². The van der Waals surface area contributed by atoms with Gasteiger partial charge in [-0.2, -0.15) is 0 Å². The number of carboxylic acids is 1. The van der Waals surface area contributed by atoms with Gasteiger partial charge < -0.3 is 5.11 Å². The van der Waals surface area contributed by atoms with Crippen molar-refractivity contribution >= 4 is 27.5 Å². The number of thiazole rings is 1. The van der Waals surface area contributed by atoms with Gasteiger partial charge in [-0.3, -0.25) is 9.69 Å². The number of aliphatic carboxylic acids is 1. The maximum atomic E-state index is 12.0. The third-order valence-electron chi connectivity index (χ3n) is 5.62. The molecule has 2 atom stereocenters. The summed E-state index contributed by atoms with van der Waals surface area (Å²) in [6.07, 6.45) is 2.68. The Labute approximate surface area is 169 Å². The first-order valence-electron chi connectivity index (χ1n) is 9.98. The quantitative estimate of drug-likeness (QED) is 0.625. The molecule has 1 fully saturated rings. The summed E-state index contributed by atoms with van der Waals surface area (Å²) in [7, 11) is 0. The van der Waals surface area contributed by atoms with Crippen molar-refractivity contribution in [3.8, 4) is 0 Å². The van der Waals surface area contributed by atoms with Gasteiger partial charge in [0, 0.05) is 6.54 Å². The van der Waals surface area contributed by atoms with Gasteiger partial charge in [0.25, 0.3) is 0 Å². The molecule has 146 valence electrons. The van der Waals surface area contributed by atoms with E-state index >= 15 is 0 Å². The van der Waals surface area contributed by atoms with Gasteiger partial charge in [0.2, 0.25) is 0 Å². The molecule has 1 N–H and O–H groups in total. The van der Waals surface area contributed by atoms with Crippen LogP contribution >= 0.6 is 11.3 Å². The van der Waals surface area contributed by atoms with Crippen molar-refractivity contribution in [1.82, 2.24) is 9.88 Å². The summed E-state index contributed by atoms with van der Waals surface area (Å²) < 4.78 is 1.14. The topological polar surface area (TPSA) is 53.4 Å². The highest BCUT2D eigenvalue weighted by Crippen LogP contribution is 2.38. The van der Waals surface area contributed by atoms with Crippen molar-refractivity contribution in [2.24, 2.45) is 0 Å². The molecule has 1 saturated heterocycles. The predicted molar refractivity (Wildman–Crippen MR) is 114 cm³/mol. The van der Waals surface area contributed by atoms with Gasteiger partial charge in [0.05, 0.1) is 16.3 Å². The molecule has 1 aliphatic heterocycles. The van der Waals surface area contributed by atoms with Crippen LogP contribution < -0.4 is 0 Å². The molecular formula is C23H26N2O2S. The fourth-order valence-electron chi connectivity index (χ4n) is 4.07. The van der Waals surface area contributed by atoms with E-state index in [-0.39, 0.29) is 6.04 Å². The Balaban J connectivity index is 1.81. The number of hydrogen-bond acceptors (Lipinski definition) is 4. The lowest BCUT2D eigenvalue weighted by Crippen LogP contribution is -2.46. The van der Waals surface area contributed by atoms with E-state index in [2.05, 4.69) is 49.1 Å². The first kappa shape index (κ1) is 19.1. The zero-order valence-corrected chi connectivity index (χ0v) is 17.2. The second-order valence-electron chi connectivity index (χ2n) is 7.83. The molecule has 1 aliphatic rings. The number of nitrogens with zero attached hydrogens (tertiary/aromatic N) is 2. The highest BCUT2D eigenvalue weighted by atomic mass is 32.1. The number of likely N-dealkylation sites (tertiary alicyclic amines) is 1. The maximum Gasteiger partial charge on any atom is 0.320 e. The number of para-hydroxylation sites is 1. The molecule has 4 rings (SSSR count). The van der Waals surface area contributed by atoms with Crippen LogP contribution in [0.3, 0.4) is 0 Å². The van der Waals surface area contributed by atoms with Crippen LogP contribution in [0.1, 0.15) is 61.2 Å². The summed E-state index contributed by atoms with van der Waals surface area (Å²) in [5.74, 6) is -0.263. The van der Waals surface area contributed by atoms with Crippen LogP contribution in [0.2, 0.25) is 0 Å². The summed E-state index contributed by atoms with van der Waals surface area (Å²) in [5, 5.41) is 10.8. The number of aromatic nitrogens is 1. The van der Waals surface area contributed by atoms with E-state index in [9.17, 15) is 9.90 Å². The van der Waals surface area contributed by atoms with Crippen LogP contribution in [-0.2, 0) is 4.79 Å². The highest BCUT2D eigenvalue weighted by molar-refractivity contribution is 7.18. The highest BCUT2D eigenvalue weighted by Gasteiger charge is 2.36. The Morgan fingerprint density at radius 2 is 1.82 bits per heavy atom. The molecule has 2 unspecified atom stereocenters. The Hall–Kier alpha value is -2.24. The van der Waals surface area contributed by atoms with Gasteiger partial charge in [-0.25, -0.2) is 4.98 Å². The summed E-state index contributed by atoms with van der Waals surface area (Å²) in [6.45, 7) is 5.15. The molecule has 3 aromatic rings. The van der Waals surface area contributed by atoms with Gasteiger partial charge in [0.1, 0.15) is 11.0 Å². The molecule has 0 amide bonds. The monoisotopic (exact) mass is 394 g/mol. The number of hydrogen-bond donors (Lipinski definition) is 1. The average molecular weight is 395 g/mol. The Morgan fingerprint density at radius 3 is 2.50 bits per heavy atom. The zero-order chi connectivity index (χ0) is 19.7. The summed E-state index contributed by atoms with van der Waals surface area (Å²) in [4.78, 5) is 19.0. The first-order valence-corrected chi connectivity index (χ1v) is 10.8. The van der Waals surface area contributed by atoms with Gasteiger partial charge in [-0.05, 0) is 42.0 Å². The molecule has 28 heavy (non-hydrogen) atoms. The molecule has 0 aliphatic carbocycles. The van der Waals surface area contributed by atoms with E-state index in [1.807, 2.05) is 18.2 Å². The van der Waals surface area contributed by atoms with Crippen LogP contribution in [0, 0.1) is 0 Å². The molecule has 0 saturated carbocycles. The normalized spacial score (nSPS) is 19.2. The number of fused-ring (bicyclic) bond motifs is 1. The van der Waals surface area contributed by atoms with Crippen molar-refractivity contribution in [2.45, 2.75) is 51.1 Å². The van der Waals surface area contributed by atoms with Crippen molar-refractivity contribution < 1.29 is 9.90 Å². The number of rotatable bonds is 5. The minimum atomic E-state index is -0.732. The summed E-state index contributed by atoms with van der Waals surface area (Å²) in [5.41, 5.74) is 3.40. The first-order chi connectivity index (χ1) is 13.5. The number of carbonyl (C=O) groups is 1. The lowest BCUT2D eigenvalue weighted by Gasteiger charge is -2.38. The van der Waals surface area contributed by atoms with Crippen LogP contribution in [0.15, 0.2) is 48.5 Å². The molecule has 0 bridgehead atoms. The number of carboxylic acid groups (broad SMARTS) is 1. The van der Waals surface area contributed by atoms with Crippen molar-refractivity contribution in [2.75, 3.05) is 6.54 Å². The summed E-state index contributed by atoms with van der Waals surface area (Å²) in [6, 6.07) is 16.2. The second kappa shape index (κ2) is 8.02. The van der Waals surface area contributed by atoms with Crippen LogP contribution in [0.4, 0.5) is 0 Å². The molecule has 4 nitrogen and oxygen atoms in total. The third kappa shape index (κ3) is 3.69. The zero-order valence-electron chi connectivity index (χ0n) is 16.3. The van der Waals surface area contributed by atoms with E-state index < -0.39 is 12.0 Å². The molecule has 2 aromatic carbocycles. The van der Waals surface area contributed by atoms with Crippen molar-refractivity contribution in [3.05, 3.63) is 64.7 Å². The van der Waals surface area contributed by atoms with Crippen molar-refractivity contribution in [3.63, 3.8) is 0 Å². The van der Waals surface area contributed by atoms with Crippen LogP contribution in [-0.4, -0.2) is 33.5 Å². The second-order valence-corrected chi connectivity index (χ2v) is 8.89. The number of benzene rings is 2. The van der Waals surface area contributed by atoms with Gasteiger partial charge in [-0.1, -0.05) is 56.7 Å². The molecule has 2 heterocycles. The lowest BCUT2D eigenvalue weighted by molar-refractivity contribution is -0.145. The molecule has 0 spiro atoms. The third-order valence-corrected chi connectivity index (χ3v) is 6.71. The van der Waals surface area contributed by atoms with E-state index in [0.717, 1.165) is 40.2 Å². The molecule has 1 aromatic heterocycles. The maximum absolute atomic E-state index is 12.0. The Kier molecular flexibility index (Phi) is 5.47. The SMILES string of the molecule is CC(C)c1ccc(C(c2nc3ccccc3s2)N2CCCCC2C(=O)O)cc1. The van der Waals surface area contributed by atoms with Crippen LogP contribution in [0.5, 0.6) is 0 Å². The molecular weight excluding hydrogens is 368 g/mol. The van der Waals surface area contributed by atoms with Crippen molar-refractivity contribution in [1.29, 1.82) is 0 Å². The predicted octanol–water partition coefficient (Wildman–Crippen LogP) is 5.45.